The standard InChI is InChI=1S/C20H25N3O2S/c1-14-5-4-12-22-19(14)23-13-17-18(20(17)10-2-3-11-20)15-6-8-16(9-7-15)26(21,24)25/h4-9,12,17-18H,2-3,10-11,13H2,1H3,(H,22,23)(H2,21,24,25)/t17-,18-/m0/s1. The Bertz CT molecular complexity index is 903. The Labute approximate surface area is 155 Å². The number of pyridine rings is 1. The van der Waals surface area contributed by atoms with E-state index in [1.807, 2.05) is 24.4 Å². The summed E-state index contributed by atoms with van der Waals surface area (Å²) in [6.07, 6.45) is 6.89. The van der Waals surface area contributed by atoms with E-state index < -0.39 is 10.0 Å². The molecule has 2 atom stereocenters. The minimum absolute atomic E-state index is 0.182. The molecule has 5 nitrogen and oxygen atoms in total. The van der Waals surface area contributed by atoms with Crippen molar-refractivity contribution in [3.63, 3.8) is 0 Å². The number of nitrogens with one attached hydrogen (secondary N) is 1. The number of nitrogens with zero attached hydrogens (tertiary/aromatic N) is 1. The summed E-state index contributed by atoms with van der Waals surface area (Å²) in [5.74, 6) is 2.00. The molecule has 0 amide bonds. The van der Waals surface area contributed by atoms with Crippen LogP contribution in [0.1, 0.15) is 42.7 Å². The summed E-state index contributed by atoms with van der Waals surface area (Å²) >= 11 is 0. The highest BCUT2D eigenvalue weighted by Crippen LogP contribution is 2.72. The van der Waals surface area contributed by atoms with E-state index in [0.29, 0.717) is 17.3 Å². The molecule has 0 unspecified atom stereocenters. The highest BCUT2D eigenvalue weighted by Gasteiger charge is 2.64. The molecule has 3 N–H and O–H groups in total. The van der Waals surface area contributed by atoms with E-state index in [-0.39, 0.29) is 4.90 Å². The lowest BCUT2D eigenvalue weighted by molar-refractivity contribution is 0.470. The number of aromatic nitrogens is 1. The van der Waals surface area contributed by atoms with Gasteiger partial charge in [-0.1, -0.05) is 31.0 Å². The molecule has 1 spiro atoms. The summed E-state index contributed by atoms with van der Waals surface area (Å²) in [5.41, 5.74) is 2.74. The van der Waals surface area contributed by atoms with Crippen LogP contribution in [0, 0.1) is 18.3 Å². The molecule has 2 fully saturated rings. The van der Waals surface area contributed by atoms with E-state index in [9.17, 15) is 8.42 Å². The van der Waals surface area contributed by atoms with Gasteiger partial charge in [0.15, 0.2) is 0 Å². The maximum Gasteiger partial charge on any atom is 0.238 e. The van der Waals surface area contributed by atoms with E-state index in [0.717, 1.165) is 17.9 Å². The molecule has 0 aliphatic heterocycles. The van der Waals surface area contributed by atoms with Crippen molar-refractivity contribution >= 4 is 15.8 Å². The molecule has 1 aromatic heterocycles. The number of hydrogen-bond donors (Lipinski definition) is 2. The average Bonchev–Trinajstić information content (AvgIpc) is 2.95. The summed E-state index contributed by atoms with van der Waals surface area (Å²) in [6, 6.07) is 11.2. The third-order valence-electron chi connectivity index (χ3n) is 6.25. The normalized spacial score (nSPS) is 23.9. The number of hydrogen-bond acceptors (Lipinski definition) is 4. The van der Waals surface area contributed by atoms with Crippen LogP contribution in [-0.4, -0.2) is 19.9 Å². The number of sulfonamides is 1. The van der Waals surface area contributed by atoms with E-state index in [2.05, 4.69) is 23.3 Å². The van der Waals surface area contributed by atoms with Gasteiger partial charge in [0, 0.05) is 12.7 Å². The second-order valence-corrected chi connectivity index (χ2v) is 9.25. The number of rotatable bonds is 5. The van der Waals surface area contributed by atoms with Crippen LogP contribution >= 0.6 is 0 Å². The first-order valence-electron chi connectivity index (χ1n) is 9.20. The van der Waals surface area contributed by atoms with Crippen molar-refractivity contribution in [1.29, 1.82) is 0 Å². The molecule has 0 saturated heterocycles. The van der Waals surface area contributed by atoms with E-state index in [4.69, 9.17) is 5.14 Å². The van der Waals surface area contributed by atoms with Gasteiger partial charge in [-0.25, -0.2) is 18.5 Å². The van der Waals surface area contributed by atoms with Crippen LogP contribution in [-0.2, 0) is 10.0 Å². The van der Waals surface area contributed by atoms with E-state index in [1.54, 1.807) is 12.1 Å². The maximum absolute atomic E-state index is 11.5. The van der Waals surface area contributed by atoms with Gasteiger partial charge in [-0.3, -0.25) is 0 Å². The Morgan fingerprint density at radius 3 is 2.50 bits per heavy atom. The first-order valence-corrected chi connectivity index (χ1v) is 10.7. The SMILES string of the molecule is Cc1cccnc1NC[C@H]1[C@H](c2ccc(S(N)(=O)=O)cc2)C12CCCC2. The maximum atomic E-state index is 11.5. The van der Waals surface area contributed by atoms with Crippen molar-refractivity contribution in [3.8, 4) is 0 Å². The number of primary sulfonamides is 1. The third-order valence-corrected chi connectivity index (χ3v) is 7.18. The molecule has 2 aliphatic carbocycles. The number of benzene rings is 1. The zero-order valence-corrected chi connectivity index (χ0v) is 15.8. The zero-order valence-electron chi connectivity index (χ0n) is 15.0. The third kappa shape index (κ3) is 3.01. The fraction of sp³-hybridized carbons (Fsp3) is 0.450. The molecule has 26 heavy (non-hydrogen) atoms. The van der Waals surface area contributed by atoms with Crippen molar-refractivity contribution in [3.05, 3.63) is 53.7 Å². The minimum atomic E-state index is -3.64. The van der Waals surface area contributed by atoms with Crippen LogP contribution in [0.2, 0.25) is 0 Å². The number of nitrogens with two attached hydrogens (primary N) is 1. The quantitative estimate of drug-likeness (QED) is 0.843. The lowest BCUT2D eigenvalue weighted by Gasteiger charge is -2.11. The van der Waals surface area contributed by atoms with Crippen LogP contribution in [0.4, 0.5) is 5.82 Å². The van der Waals surface area contributed by atoms with E-state index in [1.165, 1.54) is 31.2 Å². The van der Waals surface area contributed by atoms with Gasteiger partial charge >= 0.3 is 0 Å². The van der Waals surface area contributed by atoms with Gasteiger partial charge in [-0.15, -0.1) is 0 Å². The Hall–Kier alpha value is -1.92. The molecule has 138 valence electrons. The molecule has 1 heterocycles. The Morgan fingerprint density at radius 1 is 1.19 bits per heavy atom. The van der Waals surface area contributed by atoms with Gasteiger partial charge in [-0.2, -0.15) is 0 Å². The van der Waals surface area contributed by atoms with Crippen LogP contribution in [0.5, 0.6) is 0 Å². The van der Waals surface area contributed by atoms with Gasteiger partial charge in [0.1, 0.15) is 5.82 Å². The summed E-state index contributed by atoms with van der Waals surface area (Å²) in [6.45, 7) is 2.97. The predicted molar refractivity (Wildman–Crippen MR) is 102 cm³/mol. The van der Waals surface area contributed by atoms with Gasteiger partial charge in [0.25, 0.3) is 0 Å². The Balaban J connectivity index is 1.54. The Morgan fingerprint density at radius 2 is 1.88 bits per heavy atom. The second-order valence-electron chi connectivity index (χ2n) is 7.69. The van der Waals surface area contributed by atoms with Gasteiger partial charge in [-0.05, 0) is 66.3 Å². The van der Waals surface area contributed by atoms with Gasteiger partial charge < -0.3 is 5.32 Å². The van der Waals surface area contributed by atoms with Gasteiger partial charge in [0.05, 0.1) is 4.90 Å². The molecule has 0 radical (unpaired) electrons. The van der Waals surface area contributed by atoms with Crippen LogP contribution in [0.15, 0.2) is 47.5 Å². The highest BCUT2D eigenvalue weighted by molar-refractivity contribution is 7.89. The van der Waals surface area contributed by atoms with E-state index >= 15 is 0 Å². The Kier molecular flexibility index (Phi) is 4.28. The smallest absolute Gasteiger partial charge is 0.238 e. The molecular formula is C20H25N3O2S. The average molecular weight is 372 g/mol. The summed E-state index contributed by atoms with van der Waals surface area (Å²) in [5, 5.41) is 8.76. The molecule has 4 rings (SSSR count). The van der Waals surface area contributed by atoms with Crippen molar-refractivity contribution < 1.29 is 8.42 Å². The predicted octanol–water partition coefficient (Wildman–Crippen LogP) is 3.42. The van der Waals surface area contributed by atoms with Crippen LogP contribution in [0.25, 0.3) is 0 Å². The largest absolute Gasteiger partial charge is 0.370 e. The van der Waals surface area contributed by atoms with Crippen molar-refractivity contribution in [2.45, 2.75) is 43.4 Å². The van der Waals surface area contributed by atoms with Crippen molar-refractivity contribution in [2.24, 2.45) is 16.5 Å². The number of aryl methyl sites for hydroxylation is 1. The molecule has 0 bridgehead atoms. The highest BCUT2D eigenvalue weighted by atomic mass is 32.2. The molecule has 1 aromatic carbocycles. The molecule has 2 aromatic rings. The molecule has 2 saturated carbocycles. The fourth-order valence-electron chi connectivity index (χ4n) is 4.92. The molecular weight excluding hydrogens is 346 g/mol. The van der Waals surface area contributed by atoms with Crippen molar-refractivity contribution in [1.82, 2.24) is 4.98 Å². The summed E-state index contributed by atoms with van der Waals surface area (Å²) in [4.78, 5) is 4.62. The van der Waals surface area contributed by atoms with Gasteiger partial charge in [0.2, 0.25) is 10.0 Å². The topological polar surface area (TPSA) is 85.1 Å². The monoisotopic (exact) mass is 371 g/mol. The molecule has 6 heteroatoms. The lowest BCUT2D eigenvalue weighted by Crippen LogP contribution is -2.12. The fourth-order valence-corrected chi connectivity index (χ4v) is 5.44. The van der Waals surface area contributed by atoms with Crippen LogP contribution in [0.3, 0.4) is 0 Å². The van der Waals surface area contributed by atoms with Crippen LogP contribution < -0.4 is 10.5 Å². The first kappa shape index (κ1) is 17.5. The minimum Gasteiger partial charge on any atom is -0.370 e. The van der Waals surface area contributed by atoms with Crippen molar-refractivity contribution in [2.75, 3.05) is 11.9 Å². The number of anilines is 1. The summed E-state index contributed by atoms with van der Waals surface area (Å²) in [7, 11) is -3.64. The first-order chi connectivity index (χ1) is 12.4. The summed E-state index contributed by atoms with van der Waals surface area (Å²) < 4.78 is 23.0. The zero-order chi connectivity index (χ0) is 18.4. The lowest BCUT2D eigenvalue weighted by atomic mass is 9.97. The second kappa shape index (κ2) is 6.35. The molecule has 2 aliphatic rings.